The lowest BCUT2D eigenvalue weighted by molar-refractivity contribution is 0.0609. The Hall–Kier alpha value is -2.21. The van der Waals surface area contributed by atoms with E-state index < -0.39 is 27.3 Å². The van der Waals surface area contributed by atoms with E-state index in [2.05, 4.69) is 15.1 Å². The van der Waals surface area contributed by atoms with Crippen molar-refractivity contribution in [3.63, 3.8) is 0 Å². The molecule has 2 aromatic rings. The highest BCUT2D eigenvalue weighted by Gasteiger charge is 2.51. The van der Waals surface area contributed by atoms with E-state index in [1.165, 1.54) is 22.9 Å². The molecule has 0 radical (unpaired) electrons. The van der Waals surface area contributed by atoms with E-state index in [-0.39, 0.29) is 46.0 Å². The van der Waals surface area contributed by atoms with Crippen LogP contribution in [0.15, 0.2) is 18.2 Å². The van der Waals surface area contributed by atoms with Crippen LogP contribution in [0.1, 0.15) is 60.5 Å². The van der Waals surface area contributed by atoms with Crippen molar-refractivity contribution in [1.82, 2.24) is 14.5 Å². The van der Waals surface area contributed by atoms with Gasteiger partial charge in [0.2, 0.25) is 10.0 Å². The molecule has 1 aromatic carbocycles. The van der Waals surface area contributed by atoms with Crippen molar-refractivity contribution in [1.29, 1.82) is 0 Å². The van der Waals surface area contributed by atoms with Gasteiger partial charge in [0.25, 0.3) is 5.91 Å². The van der Waals surface area contributed by atoms with Gasteiger partial charge in [-0.1, -0.05) is 11.6 Å². The SMILES string of the molecule is Cn1nc(C2CC3CC(O)(CS(=O)(=O)NC4CC4)CC3C2)c(C(=O)Nc2ccc(F)c(Cl)c2)c1N. The normalized spacial score (nSPS) is 28.3. The van der Waals surface area contributed by atoms with E-state index in [4.69, 9.17) is 17.3 Å². The highest BCUT2D eigenvalue weighted by atomic mass is 35.5. The Morgan fingerprint density at radius 3 is 2.57 bits per heavy atom. The molecule has 5 N–H and O–H groups in total. The van der Waals surface area contributed by atoms with Crippen molar-refractivity contribution in [2.24, 2.45) is 18.9 Å². The van der Waals surface area contributed by atoms with Crippen molar-refractivity contribution in [2.45, 2.75) is 56.1 Å². The highest BCUT2D eigenvalue weighted by Crippen LogP contribution is 2.54. The van der Waals surface area contributed by atoms with E-state index in [1.807, 2.05) is 0 Å². The van der Waals surface area contributed by atoms with E-state index in [1.54, 1.807) is 7.05 Å². The molecule has 190 valence electrons. The van der Waals surface area contributed by atoms with Crippen LogP contribution in [0.25, 0.3) is 0 Å². The topological polar surface area (TPSA) is 139 Å². The fraction of sp³-hybridized carbons (Fsp3) is 0.565. The number of aryl methyl sites for hydroxylation is 1. The molecule has 0 spiro atoms. The maximum absolute atomic E-state index is 13.5. The van der Waals surface area contributed by atoms with E-state index in [0.29, 0.717) is 37.1 Å². The number of aromatic nitrogens is 2. The van der Waals surface area contributed by atoms with Crippen LogP contribution in [0.2, 0.25) is 5.02 Å². The third kappa shape index (κ3) is 5.04. The number of carbonyl (C=O) groups is 1. The number of halogens is 2. The lowest BCUT2D eigenvalue weighted by Gasteiger charge is -2.24. The fourth-order valence-corrected chi connectivity index (χ4v) is 7.76. The van der Waals surface area contributed by atoms with Crippen LogP contribution in [-0.4, -0.2) is 46.6 Å². The first-order chi connectivity index (χ1) is 16.4. The Morgan fingerprint density at radius 2 is 1.97 bits per heavy atom. The molecule has 3 saturated carbocycles. The van der Waals surface area contributed by atoms with Gasteiger partial charge in [-0.2, -0.15) is 5.10 Å². The number of aliphatic hydroxyl groups is 1. The summed E-state index contributed by atoms with van der Waals surface area (Å²) in [6.45, 7) is 0. The Kier molecular flexibility index (Phi) is 6.10. The van der Waals surface area contributed by atoms with Gasteiger partial charge in [-0.25, -0.2) is 17.5 Å². The Labute approximate surface area is 208 Å². The lowest BCUT2D eigenvalue weighted by Crippen LogP contribution is -2.41. The summed E-state index contributed by atoms with van der Waals surface area (Å²) >= 11 is 5.83. The molecule has 1 heterocycles. The van der Waals surface area contributed by atoms with Crippen LogP contribution in [0.4, 0.5) is 15.9 Å². The van der Waals surface area contributed by atoms with Crippen LogP contribution in [0.3, 0.4) is 0 Å². The van der Waals surface area contributed by atoms with Gasteiger partial charge in [-0.3, -0.25) is 9.48 Å². The molecule has 5 rings (SSSR count). The smallest absolute Gasteiger partial charge is 0.261 e. The van der Waals surface area contributed by atoms with Crippen molar-refractivity contribution in [3.05, 3.63) is 40.3 Å². The number of nitrogens with zero attached hydrogens (tertiary/aromatic N) is 2. The lowest BCUT2D eigenvalue weighted by atomic mass is 9.92. The maximum atomic E-state index is 13.5. The third-order valence-electron chi connectivity index (χ3n) is 7.42. The Bertz CT molecular complexity index is 1260. The van der Waals surface area contributed by atoms with Gasteiger partial charge < -0.3 is 16.2 Å². The first-order valence-electron chi connectivity index (χ1n) is 11.7. The van der Waals surface area contributed by atoms with Crippen molar-refractivity contribution < 1.29 is 22.7 Å². The van der Waals surface area contributed by atoms with Gasteiger partial charge >= 0.3 is 0 Å². The summed E-state index contributed by atoms with van der Waals surface area (Å²) in [6, 6.07) is 3.93. The molecular weight excluding hydrogens is 497 g/mol. The van der Waals surface area contributed by atoms with Gasteiger partial charge in [0, 0.05) is 24.7 Å². The predicted octanol–water partition coefficient (Wildman–Crippen LogP) is 2.76. The predicted molar refractivity (Wildman–Crippen MR) is 130 cm³/mol. The molecule has 9 nitrogen and oxygen atoms in total. The number of nitrogens with two attached hydrogens (primary N) is 1. The molecule has 35 heavy (non-hydrogen) atoms. The largest absolute Gasteiger partial charge is 0.389 e. The summed E-state index contributed by atoms with van der Waals surface area (Å²) in [7, 11) is -1.87. The second-order valence-corrected chi connectivity index (χ2v) is 12.5. The second-order valence-electron chi connectivity index (χ2n) is 10.3. The average Bonchev–Trinajstić information content (AvgIpc) is 3.27. The van der Waals surface area contributed by atoms with Crippen molar-refractivity contribution in [3.8, 4) is 0 Å². The number of anilines is 2. The summed E-state index contributed by atoms with van der Waals surface area (Å²) in [4.78, 5) is 13.1. The molecule has 2 unspecified atom stereocenters. The van der Waals surface area contributed by atoms with Crippen molar-refractivity contribution >= 4 is 39.0 Å². The minimum atomic E-state index is -3.53. The van der Waals surface area contributed by atoms with E-state index in [0.717, 1.165) is 12.8 Å². The number of hydrogen-bond acceptors (Lipinski definition) is 6. The van der Waals surface area contributed by atoms with Crippen LogP contribution < -0.4 is 15.8 Å². The van der Waals surface area contributed by atoms with Crippen molar-refractivity contribution in [2.75, 3.05) is 16.8 Å². The number of sulfonamides is 1. The second kappa shape index (κ2) is 8.72. The third-order valence-corrected chi connectivity index (χ3v) is 9.32. The Morgan fingerprint density at radius 1 is 1.31 bits per heavy atom. The first kappa shape index (κ1) is 24.5. The molecule has 2 atom stereocenters. The fourth-order valence-electron chi connectivity index (χ4n) is 5.81. The average molecular weight is 526 g/mol. The zero-order chi connectivity index (χ0) is 25.1. The van der Waals surface area contributed by atoms with E-state index in [9.17, 15) is 22.7 Å². The minimum Gasteiger partial charge on any atom is -0.389 e. The molecular formula is C23H29ClFN5O4S. The minimum absolute atomic E-state index is 0.0130. The van der Waals surface area contributed by atoms with Crippen LogP contribution in [-0.2, 0) is 17.1 Å². The molecule has 0 bridgehead atoms. The first-order valence-corrected chi connectivity index (χ1v) is 13.8. The van der Waals surface area contributed by atoms with Gasteiger partial charge in [-0.05, 0) is 68.6 Å². The molecule has 1 amide bonds. The number of hydrogen-bond donors (Lipinski definition) is 4. The Balaban J connectivity index is 1.29. The van der Waals surface area contributed by atoms with Gasteiger partial charge in [-0.15, -0.1) is 0 Å². The molecule has 3 aliphatic rings. The van der Waals surface area contributed by atoms with E-state index >= 15 is 0 Å². The molecule has 3 aliphatic carbocycles. The monoisotopic (exact) mass is 525 g/mol. The zero-order valence-electron chi connectivity index (χ0n) is 19.3. The molecule has 0 aliphatic heterocycles. The summed E-state index contributed by atoms with van der Waals surface area (Å²) in [6.07, 6.45) is 3.86. The highest BCUT2D eigenvalue weighted by molar-refractivity contribution is 7.89. The van der Waals surface area contributed by atoms with Crippen LogP contribution >= 0.6 is 11.6 Å². The van der Waals surface area contributed by atoms with Gasteiger partial charge in [0.05, 0.1) is 22.1 Å². The standard InChI is InChI=1S/C23H29ClFN5O4S/c1-30-21(26)19(22(31)27-16-4-5-18(25)17(24)8-16)20(28-30)12-6-13-9-23(32,10-14(13)7-12)11-35(33,34)29-15-2-3-15/h4-5,8,12-15,29,32H,2-3,6-7,9-11,26H2,1H3,(H,27,31). The number of nitrogen functional groups attached to an aromatic ring is 1. The number of benzene rings is 1. The van der Waals surface area contributed by atoms with Gasteiger partial charge in [0.15, 0.2) is 0 Å². The van der Waals surface area contributed by atoms with Crippen LogP contribution in [0, 0.1) is 17.7 Å². The number of nitrogens with one attached hydrogen (secondary N) is 2. The molecule has 12 heteroatoms. The number of rotatable bonds is 7. The van der Waals surface area contributed by atoms with Crippen LogP contribution in [0.5, 0.6) is 0 Å². The summed E-state index contributed by atoms with van der Waals surface area (Å²) in [5.74, 6) is -0.877. The number of fused-ring (bicyclic) bond motifs is 1. The molecule has 1 aromatic heterocycles. The maximum Gasteiger partial charge on any atom is 0.261 e. The molecule has 3 fully saturated rings. The summed E-state index contributed by atoms with van der Waals surface area (Å²) in [5, 5.41) is 18.2. The zero-order valence-corrected chi connectivity index (χ0v) is 20.9. The summed E-state index contributed by atoms with van der Waals surface area (Å²) in [5.41, 5.74) is 6.13. The quantitative estimate of drug-likeness (QED) is 0.438. The van der Waals surface area contributed by atoms with Gasteiger partial charge in [0.1, 0.15) is 17.2 Å². The number of carbonyl (C=O) groups excluding carboxylic acids is 1. The number of amides is 1. The molecule has 0 saturated heterocycles. The summed E-state index contributed by atoms with van der Waals surface area (Å²) < 4.78 is 42.4.